The fourth-order valence-electron chi connectivity index (χ4n) is 3.16. The number of halogens is 1. The first-order chi connectivity index (χ1) is 8.72. The number of hydrogen-bond acceptors (Lipinski definition) is 3. The first kappa shape index (κ1) is 12.0. The monoisotopic (exact) mass is 310 g/mol. The SMILES string of the molecule is O=C(N/N=C\C1CC2CCC1C2)c1ccc(Br)o1. The van der Waals surface area contributed by atoms with Gasteiger partial charge in [0.25, 0.3) is 0 Å². The standard InChI is InChI=1S/C13H15BrN2O2/c14-12-4-3-11(18-12)13(17)16-15-7-10-6-8-1-2-9(10)5-8/h3-4,7-10H,1-2,5-6H2,(H,16,17)/b15-7-. The summed E-state index contributed by atoms with van der Waals surface area (Å²) in [6.07, 6.45) is 7.17. The molecule has 2 fully saturated rings. The van der Waals surface area contributed by atoms with Crippen LogP contribution in [-0.4, -0.2) is 12.1 Å². The normalized spacial score (nSPS) is 30.2. The smallest absolute Gasteiger partial charge is 0.307 e. The van der Waals surface area contributed by atoms with E-state index < -0.39 is 0 Å². The Labute approximate surface area is 114 Å². The van der Waals surface area contributed by atoms with Crippen molar-refractivity contribution in [2.75, 3.05) is 0 Å². The second kappa shape index (κ2) is 4.88. The van der Waals surface area contributed by atoms with Crippen molar-refractivity contribution in [2.45, 2.75) is 25.7 Å². The van der Waals surface area contributed by atoms with Gasteiger partial charge in [-0.05, 0) is 65.1 Å². The maximum Gasteiger partial charge on any atom is 0.307 e. The average molecular weight is 311 g/mol. The highest BCUT2D eigenvalue weighted by atomic mass is 79.9. The Kier molecular flexibility index (Phi) is 3.24. The Balaban J connectivity index is 1.53. The van der Waals surface area contributed by atoms with Crippen LogP contribution in [0.25, 0.3) is 0 Å². The third-order valence-corrected chi connectivity index (χ3v) is 4.45. The summed E-state index contributed by atoms with van der Waals surface area (Å²) in [6, 6.07) is 3.31. The number of rotatable bonds is 3. The molecule has 0 aliphatic heterocycles. The van der Waals surface area contributed by atoms with Gasteiger partial charge < -0.3 is 4.42 Å². The molecule has 0 saturated heterocycles. The molecule has 2 aliphatic rings. The van der Waals surface area contributed by atoms with Crippen LogP contribution in [-0.2, 0) is 0 Å². The van der Waals surface area contributed by atoms with Gasteiger partial charge in [-0.3, -0.25) is 4.79 Å². The topological polar surface area (TPSA) is 54.6 Å². The first-order valence-corrected chi connectivity index (χ1v) is 7.10. The van der Waals surface area contributed by atoms with Crippen molar-refractivity contribution < 1.29 is 9.21 Å². The van der Waals surface area contributed by atoms with Crippen molar-refractivity contribution in [1.82, 2.24) is 5.43 Å². The number of hydrogen-bond donors (Lipinski definition) is 1. The van der Waals surface area contributed by atoms with Gasteiger partial charge >= 0.3 is 5.91 Å². The van der Waals surface area contributed by atoms with E-state index >= 15 is 0 Å². The van der Waals surface area contributed by atoms with Gasteiger partial charge in [-0.15, -0.1) is 0 Å². The lowest BCUT2D eigenvalue weighted by molar-refractivity contribution is 0.0926. The van der Waals surface area contributed by atoms with Crippen molar-refractivity contribution in [3.8, 4) is 0 Å². The first-order valence-electron chi connectivity index (χ1n) is 6.31. The van der Waals surface area contributed by atoms with Gasteiger partial charge in [0.2, 0.25) is 0 Å². The molecule has 96 valence electrons. The minimum Gasteiger partial charge on any atom is -0.444 e. The molecule has 0 aromatic carbocycles. The molecule has 1 aromatic rings. The maximum absolute atomic E-state index is 11.7. The van der Waals surface area contributed by atoms with E-state index in [4.69, 9.17) is 4.42 Å². The lowest BCUT2D eigenvalue weighted by atomic mass is 9.90. The second-order valence-electron chi connectivity index (χ2n) is 5.16. The fourth-order valence-corrected chi connectivity index (χ4v) is 3.47. The molecule has 3 unspecified atom stereocenters. The molecule has 2 saturated carbocycles. The molecule has 18 heavy (non-hydrogen) atoms. The molecule has 4 nitrogen and oxygen atoms in total. The minimum atomic E-state index is -0.305. The number of fused-ring (bicyclic) bond motifs is 2. The van der Waals surface area contributed by atoms with E-state index in [2.05, 4.69) is 26.5 Å². The number of furan rings is 1. The molecule has 1 amide bonds. The van der Waals surface area contributed by atoms with Crippen molar-refractivity contribution >= 4 is 28.1 Å². The Morgan fingerprint density at radius 2 is 2.33 bits per heavy atom. The number of nitrogens with zero attached hydrogens (tertiary/aromatic N) is 1. The summed E-state index contributed by atoms with van der Waals surface area (Å²) in [5.74, 6) is 2.19. The highest BCUT2D eigenvalue weighted by Gasteiger charge is 2.38. The number of amides is 1. The van der Waals surface area contributed by atoms with Gasteiger partial charge in [-0.1, -0.05) is 6.42 Å². The van der Waals surface area contributed by atoms with Gasteiger partial charge in [-0.25, -0.2) is 5.43 Å². The van der Waals surface area contributed by atoms with Crippen molar-refractivity contribution in [3.05, 3.63) is 22.6 Å². The minimum absolute atomic E-state index is 0.270. The summed E-state index contributed by atoms with van der Waals surface area (Å²) in [5, 5.41) is 4.06. The van der Waals surface area contributed by atoms with Gasteiger partial charge in [0.1, 0.15) is 0 Å². The van der Waals surface area contributed by atoms with Crippen LogP contribution in [0, 0.1) is 17.8 Å². The number of hydrazone groups is 1. The molecule has 0 spiro atoms. The van der Waals surface area contributed by atoms with Crippen LogP contribution in [0.1, 0.15) is 36.2 Å². The molecule has 0 radical (unpaired) electrons. The molecule has 1 N–H and O–H groups in total. The molecule has 2 aliphatic carbocycles. The summed E-state index contributed by atoms with van der Waals surface area (Å²) < 4.78 is 5.69. The lowest BCUT2D eigenvalue weighted by Gasteiger charge is -2.16. The van der Waals surface area contributed by atoms with Crippen LogP contribution in [0.15, 0.2) is 26.3 Å². The molecule has 1 heterocycles. The Morgan fingerprint density at radius 1 is 1.44 bits per heavy atom. The van der Waals surface area contributed by atoms with E-state index in [0.29, 0.717) is 10.6 Å². The van der Waals surface area contributed by atoms with Crippen LogP contribution in [0.4, 0.5) is 0 Å². The average Bonchev–Trinajstić information content (AvgIpc) is 3.04. The number of carbonyl (C=O) groups excluding carboxylic acids is 1. The molecule has 1 aromatic heterocycles. The van der Waals surface area contributed by atoms with Crippen molar-refractivity contribution in [3.63, 3.8) is 0 Å². The number of nitrogens with one attached hydrogen (secondary N) is 1. The van der Waals surface area contributed by atoms with Crippen LogP contribution >= 0.6 is 15.9 Å². The summed E-state index contributed by atoms with van der Waals surface area (Å²) in [5.41, 5.74) is 2.51. The van der Waals surface area contributed by atoms with E-state index in [1.807, 2.05) is 6.21 Å². The summed E-state index contributed by atoms with van der Waals surface area (Å²) in [7, 11) is 0. The van der Waals surface area contributed by atoms with E-state index in [-0.39, 0.29) is 11.7 Å². The molecule has 5 heteroatoms. The maximum atomic E-state index is 11.7. The van der Waals surface area contributed by atoms with Gasteiger partial charge in [-0.2, -0.15) is 5.10 Å². The fraction of sp³-hybridized carbons (Fsp3) is 0.538. The Bertz CT molecular complexity index is 483. The van der Waals surface area contributed by atoms with E-state index in [1.165, 1.54) is 25.7 Å². The van der Waals surface area contributed by atoms with Gasteiger partial charge in [0, 0.05) is 6.21 Å². The predicted molar refractivity (Wildman–Crippen MR) is 71.3 cm³/mol. The van der Waals surface area contributed by atoms with Crippen molar-refractivity contribution in [2.24, 2.45) is 22.9 Å². The van der Waals surface area contributed by atoms with Gasteiger partial charge in [0.15, 0.2) is 10.4 Å². The van der Waals surface area contributed by atoms with E-state index in [9.17, 15) is 4.79 Å². The zero-order valence-electron chi connectivity index (χ0n) is 9.93. The molecule has 3 atom stereocenters. The Hall–Kier alpha value is -1.10. The highest BCUT2D eigenvalue weighted by Crippen LogP contribution is 2.47. The Morgan fingerprint density at radius 3 is 2.94 bits per heavy atom. The lowest BCUT2D eigenvalue weighted by Crippen LogP contribution is -2.19. The van der Waals surface area contributed by atoms with Crippen LogP contribution in [0.2, 0.25) is 0 Å². The predicted octanol–water partition coefficient (Wildman–Crippen LogP) is 3.19. The number of carbonyl (C=O) groups is 1. The summed E-state index contributed by atoms with van der Waals surface area (Å²) >= 11 is 3.16. The van der Waals surface area contributed by atoms with E-state index in [1.54, 1.807) is 12.1 Å². The second-order valence-corrected chi connectivity index (χ2v) is 5.94. The third kappa shape index (κ3) is 2.36. The highest BCUT2D eigenvalue weighted by molar-refractivity contribution is 9.10. The molecule has 3 rings (SSSR count). The molecular weight excluding hydrogens is 296 g/mol. The van der Waals surface area contributed by atoms with Gasteiger partial charge in [0.05, 0.1) is 0 Å². The van der Waals surface area contributed by atoms with Crippen molar-refractivity contribution in [1.29, 1.82) is 0 Å². The zero-order chi connectivity index (χ0) is 12.5. The van der Waals surface area contributed by atoms with Crippen LogP contribution in [0.5, 0.6) is 0 Å². The quantitative estimate of drug-likeness (QED) is 0.688. The largest absolute Gasteiger partial charge is 0.444 e. The summed E-state index contributed by atoms with van der Waals surface area (Å²) in [6.45, 7) is 0. The third-order valence-electron chi connectivity index (χ3n) is 4.02. The summed E-state index contributed by atoms with van der Waals surface area (Å²) in [4.78, 5) is 11.7. The zero-order valence-corrected chi connectivity index (χ0v) is 11.5. The van der Waals surface area contributed by atoms with E-state index in [0.717, 1.165) is 11.8 Å². The van der Waals surface area contributed by atoms with Crippen LogP contribution < -0.4 is 5.43 Å². The molecular formula is C13H15BrN2O2. The van der Waals surface area contributed by atoms with Crippen LogP contribution in [0.3, 0.4) is 0 Å². The molecule has 2 bridgehead atoms.